The zero-order chi connectivity index (χ0) is 11.5. The van der Waals surface area contributed by atoms with Crippen molar-refractivity contribution in [2.75, 3.05) is 5.75 Å². The molecule has 1 rings (SSSR count). The molecule has 0 saturated carbocycles. The summed E-state index contributed by atoms with van der Waals surface area (Å²) < 4.78 is 23.5. The fraction of sp³-hybridized carbons (Fsp3) is 0.400. The summed E-state index contributed by atoms with van der Waals surface area (Å²) in [6.45, 7) is 1.73. The molecule has 15 heavy (non-hydrogen) atoms. The van der Waals surface area contributed by atoms with Gasteiger partial charge in [0.15, 0.2) is 9.84 Å². The van der Waals surface area contributed by atoms with Crippen LogP contribution >= 0.6 is 11.6 Å². The van der Waals surface area contributed by atoms with Crippen molar-refractivity contribution in [3.63, 3.8) is 0 Å². The Morgan fingerprint density at radius 1 is 1.47 bits per heavy atom. The van der Waals surface area contributed by atoms with Gasteiger partial charge in [0.05, 0.1) is 16.8 Å². The summed E-state index contributed by atoms with van der Waals surface area (Å²) in [4.78, 5) is 0.155. The molecule has 0 radical (unpaired) electrons. The number of aliphatic hydroxyl groups is 1. The van der Waals surface area contributed by atoms with E-state index in [1.165, 1.54) is 12.1 Å². The maximum Gasteiger partial charge on any atom is 0.180 e. The molecule has 0 saturated heterocycles. The normalized spacial score (nSPS) is 13.8. The predicted molar refractivity (Wildman–Crippen MR) is 59.8 cm³/mol. The lowest BCUT2D eigenvalue weighted by Crippen LogP contribution is -2.20. The Morgan fingerprint density at radius 2 is 2.13 bits per heavy atom. The molecule has 0 amide bonds. The molecule has 5 heteroatoms. The average Bonchev–Trinajstić information content (AvgIpc) is 2.17. The number of rotatable bonds is 4. The average molecular weight is 249 g/mol. The van der Waals surface area contributed by atoms with Crippen LogP contribution in [-0.4, -0.2) is 25.4 Å². The van der Waals surface area contributed by atoms with Gasteiger partial charge in [-0.05, 0) is 24.6 Å². The summed E-state index contributed by atoms with van der Waals surface area (Å²) in [5.41, 5.74) is 0. The molecule has 1 unspecified atom stereocenters. The first kappa shape index (κ1) is 12.5. The van der Waals surface area contributed by atoms with E-state index in [1.54, 1.807) is 19.1 Å². The Balaban J connectivity index is 2.96. The Morgan fingerprint density at radius 3 is 2.67 bits per heavy atom. The Hall–Kier alpha value is -0.580. The van der Waals surface area contributed by atoms with Gasteiger partial charge < -0.3 is 5.11 Å². The summed E-state index contributed by atoms with van der Waals surface area (Å²) in [6, 6.07) is 6.05. The Kier molecular flexibility index (Phi) is 4.13. The quantitative estimate of drug-likeness (QED) is 0.885. The standard InChI is InChI=1S/C10H13ClO3S/c1-2-9(12)7-15(13,14)10-5-3-4-8(11)6-10/h3-6,9,12H,2,7H2,1H3. The van der Waals surface area contributed by atoms with Gasteiger partial charge in [0.2, 0.25) is 0 Å². The molecule has 0 aliphatic rings. The van der Waals surface area contributed by atoms with Crippen LogP contribution in [0.5, 0.6) is 0 Å². The van der Waals surface area contributed by atoms with Crippen LogP contribution < -0.4 is 0 Å². The third kappa shape index (κ3) is 3.48. The van der Waals surface area contributed by atoms with Crippen molar-refractivity contribution in [1.82, 2.24) is 0 Å². The van der Waals surface area contributed by atoms with E-state index in [2.05, 4.69) is 0 Å². The first-order valence-electron chi connectivity index (χ1n) is 4.62. The molecular weight excluding hydrogens is 236 g/mol. The summed E-state index contributed by atoms with van der Waals surface area (Å²) in [5, 5.41) is 9.69. The van der Waals surface area contributed by atoms with E-state index in [4.69, 9.17) is 11.6 Å². The first-order valence-corrected chi connectivity index (χ1v) is 6.65. The fourth-order valence-electron chi connectivity index (χ4n) is 1.13. The number of aliphatic hydroxyl groups excluding tert-OH is 1. The van der Waals surface area contributed by atoms with Crippen LogP contribution in [0, 0.1) is 0 Å². The third-order valence-corrected chi connectivity index (χ3v) is 4.07. The minimum atomic E-state index is -3.43. The van der Waals surface area contributed by atoms with E-state index in [9.17, 15) is 13.5 Å². The lowest BCUT2D eigenvalue weighted by molar-refractivity contribution is 0.193. The number of hydrogen-bond acceptors (Lipinski definition) is 3. The SMILES string of the molecule is CCC(O)CS(=O)(=O)c1cccc(Cl)c1. The summed E-state index contributed by atoms with van der Waals surface area (Å²) in [6.07, 6.45) is -0.409. The minimum absolute atomic E-state index is 0.155. The van der Waals surface area contributed by atoms with Gasteiger partial charge in [-0.1, -0.05) is 24.6 Å². The van der Waals surface area contributed by atoms with E-state index in [0.29, 0.717) is 11.4 Å². The number of halogens is 1. The van der Waals surface area contributed by atoms with Crippen molar-refractivity contribution in [1.29, 1.82) is 0 Å². The molecule has 1 aromatic carbocycles. The van der Waals surface area contributed by atoms with Crippen molar-refractivity contribution in [3.05, 3.63) is 29.3 Å². The van der Waals surface area contributed by atoms with Gasteiger partial charge in [-0.3, -0.25) is 0 Å². The van der Waals surface area contributed by atoms with Crippen molar-refractivity contribution in [2.24, 2.45) is 0 Å². The molecule has 0 aromatic heterocycles. The van der Waals surface area contributed by atoms with E-state index in [-0.39, 0.29) is 10.6 Å². The van der Waals surface area contributed by atoms with Crippen LogP contribution in [0.25, 0.3) is 0 Å². The molecule has 3 nitrogen and oxygen atoms in total. The van der Waals surface area contributed by atoms with Gasteiger partial charge in [0, 0.05) is 5.02 Å². The zero-order valence-electron chi connectivity index (χ0n) is 8.35. The zero-order valence-corrected chi connectivity index (χ0v) is 9.92. The highest BCUT2D eigenvalue weighted by Gasteiger charge is 2.18. The Labute approximate surface area is 94.6 Å². The predicted octanol–water partition coefficient (Wildman–Crippen LogP) is 1.88. The van der Waals surface area contributed by atoms with Crippen molar-refractivity contribution < 1.29 is 13.5 Å². The topological polar surface area (TPSA) is 54.4 Å². The molecule has 0 fully saturated rings. The molecular formula is C10H13ClO3S. The van der Waals surface area contributed by atoms with Gasteiger partial charge in [-0.25, -0.2) is 8.42 Å². The molecule has 0 bridgehead atoms. The van der Waals surface area contributed by atoms with Crippen LogP contribution in [0.15, 0.2) is 29.2 Å². The van der Waals surface area contributed by atoms with Crippen LogP contribution in [0.4, 0.5) is 0 Å². The summed E-state index contributed by atoms with van der Waals surface area (Å²) in [7, 11) is -3.43. The number of sulfone groups is 1. The molecule has 1 aromatic rings. The van der Waals surface area contributed by atoms with Gasteiger partial charge in [0.1, 0.15) is 0 Å². The molecule has 0 spiro atoms. The lowest BCUT2D eigenvalue weighted by Gasteiger charge is -2.08. The summed E-state index contributed by atoms with van der Waals surface area (Å²) >= 11 is 5.69. The molecule has 0 aliphatic heterocycles. The van der Waals surface area contributed by atoms with E-state index >= 15 is 0 Å². The second-order valence-electron chi connectivity index (χ2n) is 3.30. The van der Waals surface area contributed by atoms with Gasteiger partial charge in [-0.2, -0.15) is 0 Å². The highest BCUT2D eigenvalue weighted by Crippen LogP contribution is 2.17. The lowest BCUT2D eigenvalue weighted by atomic mass is 10.3. The molecule has 0 aliphatic carbocycles. The largest absolute Gasteiger partial charge is 0.392 e. The van der Waals surface area contributed by atoms with Crippen molar-refractivity contribution in [2.45, 2.75) is 24.3 Å². The third-order valence-electron chi connectivity index (χ3n) is 2.04. The van der Waals surface area contributed by atoms with Crippen LogP contribution in [0.2, 0.25) is 5.02 Å². The van der Waals surface area contributed by atoms with Gasteiger partial charge >= 0.3 is 0 Å². The smallest absolute Gasteiger partial charge is 0.180 e. The highest BCUT2D eigenvalue weighted by molar-refractivity contribution is 7.91. The van der Waals surface area contributed by atoms with E-state index in [0.717, 1.165) is 0 Å². The minimum Gasteiger partial charge on any atom is -0.392 e. The van der Waals surface area contributed by atoms with Crippen molar-refractivity contribution >= 4 is 21.4 Å². The highest BCUT2D eigenvalue weighted by atomic mass is 35.5. The molecule has 84 valence electrons. The second kappa shape index (κ2) is 4.96. The molecule has 1 N–H and O–H groups in total. The van der Waals surface area contributed by atoms with Crippen LogP contribution in [0.3, 0.4) is 0 Å². The van der Waals surface area contributed by atoms with E-state index in [1.807, 2.05) is 0 Å². The van der Waals surface area contributed by atoms with E-state index < -0.39 is 15.9 Å². The maximum absolute atomic E-state index is 11.7. The maximum atomic E-state index is 11.7. The first-order chi connectivity index (χ1) is 6.95. The number of benzene rings is 1. The summed E-state index contributed by atoms with van der Waals surface area (Å²) in [5.74, 6) is -0.260. The van der Waals surface area contributed by atoms with Gasteiger partial charge in [0.25, 0.3) is 0 Å². The Bertz CT molecular complexity index is 428. The number of hydrogen-bond donors (Lipinski definition) is 1. The van der Waals surface area contributed by atoms with Crippen molar-refractivity contribution in [3.8, 4) is 0 Å². The molecule has 0 heterocycles. The van der Waals surface area contributed by atoms with Crippen LogP contribution in [-0.2, 0) is 9.84 Å². The van der Waals surface area contributed by atoms with Gasteiger partial charge in [-0.15, -0.1) is 0 Å². The fourth-order valence-corrected chi connectivity index (χ4v) is 2.91. The monoisotopic (exact) mass is 248 g/mol. The van der Waals surface area contributed by atoms with Crippen LogP contribution in [0.1, 0.15) is 13.3 Å². The molecule has 1 atom stereocenters. The second-order valence-corrected chi connectivity index (χ2v) is 5.77.